The van der Waals surface area contributed by atoms with Gasteiger partial charge >= 0.3 is 0 Å². The molecule has 0 aromatic heterocycles. The molecule has 0 radical (unpaired) electrons. The van der Waals surface area contributed by atoms with Crippen LogP contribution < -0.4 is 9.86 Å². The molecule has 1 aromatic rings. The van der Waals surface area contributed by atoms with E-state index in [1.165, 1.54) is 24.3 Å². The third-order valence-electron chi connectivity index (χ3n) is 3.05. The van der Waals surface area contributed by atoms with Gasteiger partial charge in [0.25, 0.3) is 0 Å². The van der Waals surface area contributed by atoms with Crippen molar-refractivity contribution in [2.45, 2.75) is 23.0 Å². The summed E-state index contributed by atoms with van der Waals surface area (Å²) in [6.07, 6.45) is 0.764. The summed E-state index contributed by atoms with van der Waals surface area (Å²) in [5.41, 5.74) is -0.0264. The van der Waals surface area contributed by atoms with Crippen molar-refractivity contribution in [3.8, 4) is 0 Å². The van der Waals surface area contributed by atoms with Gasteiger partial charge in [-0.15, -0.1) is 0 Å². The van der Waals surface area contributed by atoms with Crippen molar-refractivity contribution in [2.75, 3.05) is 17.9 Å². The fraction of sp³-hybridized carbons (Fsp3) is 0.455. The third kappa shape index (κ3) is 3.48. The number of benzene rings is 1. The van der Waals surface area contributed by atoms with E-state index in [0.717, 1.165) is 0 Å². The maximum atomic E-state index is 12.2. The van der Waals surface area contributed by atoms with E-state index in [-0.39, 0.29) is 10.6 Å². The molecule has 0 amide bonds. The lowest BCUT2D eigenvalue weighted by Crippen LogP contribution is -2.33. The predicted molar refractivity (Wildman–Crippen MR) is 74.2 cm³/mol. The van der Waals surface area contributed by atoms with Crippen LogP contribution in [0.15, 0.2) is 29.2 Å². The Morgan fingerprint density at radius 1 is 1.10 bits per heavy atom. The monoisotopic (exact) mass is 320 g/mol. The lowest BCUT2D eigenvalue weighted by molar-refractivity contribution is 0.0984. The second-order valence-electron chi connectivity index (χ2n) is 4.50. The second kappa shape index (κ2) is 5.68. The molecule has 1 aromatic carbocycles. The molecule has 7 nitrogen and oxygen atoms in total. The molecule has 1 aliphatic rings. The first-order valence-electron chi connectivity index (χ1n) is 6.02. The molecule has 1 aliphatic heterocycles. The maximum Gasteiger partial charge on any atom is 0.240 e. The first-order valence-corrected chi connectivity index (χ1v) is 9.11. The van der Waals surface area contributed by atoms with Crippen LogP contribution >= 0.6 is 0 Å². The van der Waals surface area contributed by atoms with Crippen molar-refractivity contribution in [1.82, 2.24) is 0 Å². The third-order valence-corrected chi connectivity index (χ3v) is 5.88. The second-order valence-corrected chi connectivity index (χ2v) is 7.99. The van der Waals surface area contributed by atoms with E-state index >= 15 is 0 Å². The van der Waals surface area contributed by atoms with Gasteiger partial charge < -0.3 is 4.74 Å². The Morgan fingerprint density at radius 2 is 1.70 bits per heavy atom. The number of hydrogen-bond acceptors (Lipinski definition) is 5. The van der Waals surface area contributed by atoms with E-state index in [0.29, 0.717) is 26.1 Å². The molecule has 9 heteroatoms. The number of ether oxygens (including phenoxy) is 1. The molecule has 0 bridgehead atoms. The van der Waals surface area contributed by atoms with E-state index in [9.17, 15) is 16.8 Å². The first kappa shape index (κ1) is 15.2. The lowest BCUT2D eigenvalue weighted by Gasteiger charge is -2.23. The number of para-hydroxylation sites is 1. The molecule has 0 unspecified atom stereocenters. The SMILES string of the molecule is NS(=O)(=O)c1ccccc1NS(=O)(=O)C1CCOCC1. The summed E-state index contributed by atoms with van der Waals surface area (Å²) in [6.45, 7) is 0.755. The molecule has 2 rings (SSSR count). The highest BCUT2D eigenvalue weighted by Crippen LogP contribution is 2.24. The van der Waals surface area contributed by atoms with Crippen LogP contribution in [0, 0.1) is 0 Å². The van der Waals surface area contributed by atoms with Crippen LogP contribution in [0.5, 0.6) is 0 Å². The highest BCUT2D eigenvalue weighted by Gasteiger charge is 2.29. The summed E-state index contributed by atoms with van der Waals surface area (Å²) in [4.78, 5) is -0.240. The van der Waals surface area contributed by atoms with Crippen molar-refractivity contribution in [3.63, 3.8) is 0 Å². The van der Waals surface area contributed by atoms with Gasteiger partial charge in [-0.25, -0.2) is 22.0 Å². The number of nitrogens with two attached hydrogens (primary N) is 1. The van der Waals surface area contributed by atoms with Crippen LogP contribution in [-0.4, -0.2) is 35.3 Å². The number of primary sulfonamides is 1. The largest absolute Gasteiger partial charge is 0.381 e. The fourth-order valence-corrected chi connectivity index (χ4v) is 4.24. The zero-order valence-electron chi connectivity index (χ0n) is 10.7. The van der Waals surface area contributed by atoms with Gasteiger partial charge in [0.15, 0.2) is 0 Å². The summed E-state index contributed by atoms with van der Waals surface area (Å²) in [7, 11) is -7.66. The van der Waals surface area contributed by atoms with Crippen LogP contribution in [0.4, 0.5) is 5.69 Å². The van der Waals surface area contributed by atoms with E-state index in [2.05, 4.69) is 4.72 Å². The molecule has 1 fully saturated rings. The topological polar surface area (TPSA) is 116 Å². The van der Waals surface area contributed by atoms with Crippen LogP contribution in [0.3, 0.4) is 0 Å². The number of nitrogens with one attached hydrogen (secondary N) is 1. The van der Waals surface area contributed by atoms with Crippen molar-refractivity contribution < 1.29 is 21.6 Å². The van der Waals surface area contributed by atoms with Crippen LogP contribution in [0.2, 0.25) is 0 Å². The normalized spacial score (nSPS) is 17.9. The van der Waals surface area contributed by atoms with Crippen molar-refractivity contribution in [2.24, 2.45) is 5.14 Å². The van der Waals surface area contributed by atoms with Crippen molar-refractivity contribution in [1.29, 1.82) is 0 Å². The molecule has 112 valence electrons. The Morgan fingerprint density at radius 3 is 2.30 bits per heavy atom. The Labute approximate surface area is 118 Å². The smallest absolute Gasteiger partial charge is 0.240 e. The van der Waals surface area contributed by atoms with Crippen molar-refractivity contribution in [3.05, 3.63) is 24.3 Å². The Hall–Kier alpha value is -1.16. The maximum absolute atomic E-state index is 12.2. The summed E-state index contributed by atoms with van der Waals surface area (Å²) < 4.78 is 54.8. The predicted octanol–water partition coefficient (Wildman–Crippen LogP) is 0.255. The van der Waals surface area contributed by atoms with Gasteiger partial charge in [-0.1, -0.05) is 12.1 Å². The number of sulfonamides is 2. The molecule has 0 atom stereocenters. The van der Waals surface area contributed by atoms with Crippen molar-refractivity contribution >= 4 is 25.7 Å². The molecular weight excluding hydrogens is 304 g/mol. The molecule has 1 heterocycles. The molecule has 3 N–H and O–H groups in total. The van der Waals surface area contributed by atoms with Crippen LogP contribution in [0.1, 0.15) is 12.8 Å². The van der Waals surface area contributed by atoms with E-state index in [1.54, 1.807) is 0 Å². The fourth-order valence-electron chi connectivity index (χ4n) is 2.02. The Kier molecular flexibility index (Phi) is 4.33. The first-order chi connectivity index (χ1) is 9.31. The Bertz CT molecular complexity index is 679. The minimum Gasteiger partial charge on any atom is -0.381 e. The Balaban J connectivity index is 2.30. The summed E-state index contributed by atoms with van der Waals surface area (Å²) in [5.74, 6) is 0. The number of anilines is 1. The molecular formula is C11H16N2O5S2. The standard InChI is InChI=1S/C11H16N2O5S2/c12-19(14,15)11-4-2-1-3-10(11)13-20(16,17)9-5-7-18-8-6-9/h1-4,9,13H,5-8H2,(H2,12,14,15). The average Bonchev–Trinajstić information content (AvgIpc) is 2.39. The molecule has 0 spiro atoms. The minimum absolute atomic E-state index is 0.0264. The molecule has 0 aliphatic carbocycles. The van der Waals surface area contributed by atoms with E-state index in [4.69, 9.17) is 9.88 Å². The molecule has 0 saturated carbocycles. The zero-order chi connectivity index (χ0) is 14.8. The van der Waals surface area contributed by atoms with Crippen LogP contribution in [0.25, 0.3) is 0 Å². The van der Waals surface area contributed by atoms with Gasteiger partial charge in [-0.05, 0) is 25.0 Å². The molecule has 1 saturated heterocycles. The number of rotatable bonds is 4. The van der Waals surface area contributed by atoms with Gasteiger partial charge in [-0.2, -0.15) is 0 Å². The van der Waals surface area contributed by atoms with E-state index in [1.807, 2.05) is 0 Å². The van der Waals surface area contributed by atoms with Gasteiger partial charge in [0.1, 0.15) is 4.90 Å². The summed E-state index contributed by atoms with van der Waals surface area (Å²) in [6, 6.07) is 5.65. The summed E-state index contributed by atoms with van der Waals surface area (Å²) in [5, 5.41) is 4.48. The minimum atomic E-state index is -3.99. The number of hydrogen-bond donors (Lipinski definition) is 2. The summed E-state index contributed by atoms with van der Waals surface area (Å²) >= 11 is 0. The van der Waals surface area contributed by atoms with Crippen LogP contribution in [-0.2, 0) is 24.8 Å². The quantitative estimate of drug-likeness (QED) is 0.825. The molecule has 20 heavy (non-hydrogen) atoms. The van der Waals surface area contributed by atoms with Gasteiger partial charge in [-0.3, -0.25) is 4.72 Å². The highest BCUT2D eigenvalue weighted by molar-refractivity contribution is 7.93. The van der Waals surface area contributed by atoms with Gasteiger partial charge in [0, 0.05) is 13.2 Å². The van der Waals surface area contributed by atoms with E-state index < -0.39 is 25.3 Å². The highest BCUT2D eigenvalue weighted by atomic mass is 32.2. The average molecular weight is 320 g/mol. The lowest BCUT2D eigenvalue weighted by atomic mass is 10.2. The zero-order valence-corrected chi connectivity index (χ0v) is 12.3. The van der Waals surface area contributed by atoms with Gasteiger partial charge in [0.2, 0.25) is 20.0 Å². The van der Waals surface area contributed by atoms with Gasteiger partial charge in [0.05, 0.1) is 10.9 Å².